The Labute approximate surface area is 120 Å². The van der Waals surface area contributed by atoms with Crippen LogP contribution >= 0.6 is 0 Å². The largest absolute Gasteiger partial charge is 0.397 e. The van der Waals surface area contributed by atoms with Crippen LogP contribution in [0.4, 0.5) is 11.4 Å². The lowest BCUT2D eigenvalue weighted by molar-refractivity contribution is -0.0276. The fourth-order valence-electron chi connectivity index (χ4n) is 2.33. The Hall–Kier alpha value is -1.31. The van der Waals surface area contributed by atoms with Crippen molar-refractivity contribution in [3.63, 3.8) is 0 Å². The van der Waals surface area contributed by atoms with Crippen LogP contribution in [0, 0.1) is 0 Å². The van der Waals surface area contributed by atoms with Gasteiger partial charge in [0.25, 0.3) is 0 Å². The van der Waals surface area contributed by atoms with E-state index in [9.17, 15) is 8.42 Å². The molecule has 6 nitrogen and oxygen atoms in total. The Kier molecular flexibility index (Phi) is 3.95. The van der Waals surface area contributed by atoms with Crippen LogP contribution in [0.1, 0.15) is 13.8 Å². The highest BCUT2D eigenvalue weighted by Crippen LogP contribution is 2.29. The number of morpholine rings is 1. The monoisotopic (exact) mass is 299 g/mol. The highest BCUT2D eigenvalue weighted by Gasteiger charge is 2.28. The van der Waals surface area contributed by atoms with E-state index < -0.39 is 10.0 Å². The van der Waals surface area contributed by atoms with Crippen molar-refractivity contribution < 1.29 is 13.2 Å². The Morgan fingerprint density at radius 2 is 2.10 bits per heavy atom. The summed E-state index contributed by atoms with van der Waals surface area (Å²) >= 11 is 0. The lowest BCUT2D eigenvalue weighted by Gasteiger charge is -2.39. The van der Waals surface area contributed by atoms with Gasteiger partial charge in [0.1, 0.15) is 0 Å². The van der Waals surface area contributed by atoms with Crippen LogP contribution in [0.5, 0.6) is 0 Å². The van der Waals surface area contributed by atoms with Gasteiger partial charge in [-0.2, -0.15) is 0 Å². The lowest BCUT2D eigenvalue weighted by Crippen LogP contribution is -2.48. The van der Waals surface area contributed by atoms with Gasteiger partial charge in [0, 0.05) is 13.1 Å². The zero-order chi connectivity index (χ0) is 15.0. The van der Waals surface area contributed by atoms with E-state index in [1.54, 1.807) is 12.1 Å². The molecule has 0 bridgehead atoms. The molecule has 0 saturated carbocycles. The molecule has 112 valence electrons. The number of nitrogens with zero attached hydrogens (tertiary/aromatic N) is 1. The minimum absolute atomic E-state index is 0.175. The molecule has 0 amide bonds. The van der Waals surface area contributed by atoms with Crippen molar-refractivity contribution in [3.8, 4) is 0 Å². The Morgan fingerprint density at radius 1 is 1.40 bits per heavy atom. The molecule has 1 aromatic rings. The number of nitrogen functional groups attached to an aromatic ring is 1. The van der Waals surface area contributed by atoms with Gasteiger partial charge in [0.05, 0.1) is 28.5 Å². The molecule has 3 N–H and O–H groups in total. The first-order valence-electron chi connectivity index (χ1n) is 6.47. The van der Waals surface area contributed by atoms with Gasteiger partial charge in [-0.25, -0.2) is 13.1 Å². The maximum Gasteiger partial charge on any atom is 0.240 e. The van der Waals surface area contributed by atoms with Gasteiger partial charge in [0.15, 0.2) is 0 Å². The average molecular weight is 299 g/mol. The normalized spacial score (nSPS) is 19.1. The molecule has 1 aromatic carbocycles. The molecule has 0 aromatic heterocycles. The van der Waals surface area contributed by atoms with Crippen LogP contribution in [0.2, 0.25) is 0 Å². The molecule has 1 fully saturated rings. The molecule has 0 spiro atoms. The standard InChI is InChI=1S/C13H21N3O3S/c1-13(2)9-16(6-7-19-13)12-5-4-10(8-11(12)14)20(17,18)15-3/h4-5,8,15H,6-7,9,14H2,1-3H3. The van der Waals surface area contributed by atoms with Gasteiger partial charge < -0.3 is 15.4 Å². The smallest absolute Gasteiger partial charge is 0.240 e. The number of nitrogens with one attached hydrogen (secondary N) is 1. The predicted octanol–water partition coefficient (Wildman–Crippen LogP) is 0.792. The molecule has 1 saturated heterocycles. The van der Waals surface area contributed by atoms with E-state index in [0.29, 0.717) is 12.3 Å². The predicted molar refractivity (Wildman–Crippen MR) is 79.3 cm³/mol. The summed E-state index contributed by atoms with van der Waals surface area (Å²) in [6.07, 6.45) is 0. The number of nitrogens with two attached hydrogens (primary N) is 1. The summed E-state index contributed by atoms with van der Waals surface area (Å²) in [5.74, 6) is 0. The molecule has 0 radical (unpaired) electrons. The fourth-order valence-corrected chi connectivity index (χ4v) is 3.09. The molecule has 1 aliphatic heterocycles. The number of benzene rings is 1. The van der Waals surface area contributed by atoms with Gasteiger partial charge in [-0.3, -0.25) is 0 Å². The zero-order valence-electron chi connectivity index (χ0n) is 12.0. The Bertz CT molecular complexity index is 599. The maximum atomic E-state index is 11.7. The number of rotatable bonds is 3. The zero-order valence-corrected chi connectivity index (χ0v) is 12.8. The number of anilines is 2. The third-order valence-electron chi connectivity index (χ3n) is 3.34. The number of hydrogen-bond acceptors (Lipinski definition) is 5. The van der Waals surface area contributed by atoms with Gasteiger partial charge in [-0.05, 0) is 39.1 Å². The first-order chi connectivity index (χ1) is 9.25. The van der Waals surface area contributed by atoms with Crippen LogP contribution in [-0.2, 0) is 14.8 Å². The highest BCUT2D eigenvalue weighted by atomic mass is 32.2. The van der Waals surface area contributed by atoms with Gasteiger partial charge >= 0.3 is 0 Å². The van der Waals surface area contributed by atoms with Gasteiger partial charge in [0.2, 0.25) is 10.0 Å². The van der Waals surface area contributed by atoms with Crippen molar-refractivity contribution in [1.82, 2.24) is 4.72 Å². The summed E-state index contributed by atoms with van der Waals surface area (Å²) in [5, 5.41) is 0. The van der Waals surface area contributed by atoms with Crippen LogP contribution < -0.4 is 15.4 Å². The summed E-state index contributed by atoms with van der Waals surface area (Å²) in [5.41, 5.74) is 7.08. The van der Waals surface area contributed by atoms with Crippen molar-refractivity contribution in [3.05, 3.63) is 18.2 Å². The second-order valence-electron chi connectivity index (χ2n) is 5.46. The van der Waals surface area contributed by atoms with Crippen molar-refractivity contribution in [2.75, 3.05) is 37.4 Å². The van der Waals surface area contributed by atoms with E-state index in [0.717, 1.165) is 18.8 Å². The first-order valence-corrected chi connectivity index (χ1v) is 7.95. The van der Waals surface area contributed by atoms with Crippen molar-refractivity contribution in [2.24, 2.45) is 0 Å². The van der Waals surface area contributed by atoms with Crippen LogP contribution in [0.15, 0.2) is 23.1 Å². The van der Waals surface area contributed by atoms with Crippen molar-refractivity contribution in [1.29, 1.82) is 0 Å². The second-order valence-corrected chi connectivity index (χ2v) is 7.34. The average Bonchev–Trinajstić information content (AvgIpc) is 2.37. The van der Waals surface area contributed by atoms with Gasteiger partial charge in [-0.15, -0.1) is 0 Å². The van der Waals surface area contributed by atoms with E-state index in [1.165, 1.54) is 13.1 Å². The quantitative estimate of drug-likeness (QED) is 0.806. The summed E-state index contributed by atoms with van der Waals surface area (Å²) in [7, 11) is -2.09. The highest BCUT2D eigenvalue weighted by molar-refractivity contribution is 7.89. The topological polar surface area (TPSA) is 84.7 Å². The summed E-state index contributed by atoms with van der Waals surface area (Å²) in [6.45, 7) is 6.13. The van der Waals surface area contributed by atoms with Crippen molar-refractivity contribution >= 4 is 21.4 Å². The van der Waals surface area contributed by atoms with E-state index in [-0.39, 0.29) is 10.5 Å². The first kappa shape index (κ1) is 15.1. The molecular weight excluding hydrogens is 278 g/mol. The third-order valence-corrected chi connectivity index (χ3v) is 4.76. The molecule has 0 aliphatic carbocycles. The molecule has 1 aliphatic rings. The fraction of sp³-hybridized carbons (Fsp3) is 0.538. The maximum absolute atomic E-state index is 11.7. The lowest BCUT2D eigenvalue weighted by atomic mass is 10.1. The Morgan fingerprint density at radius 3 is 2.65 bits per heavy atom. The minimum atomic E-state index is -3.46. The summed E-state index contributed by atoms with van der Waals surface area (Å²) < 4.78 is 31.4. The summed E-state index contributed by atoms with van der Waals surface area (Å²) in [6, 6.07) is 4.81. The third kappa shape index (κ3) is 3.05. The molecule has 1 heterocycles. The van der Waals surface area contributed by atoms with E-state index in [2.05, 4.69) is 9.62 Å². The Balaban J connectivity index is 2.31. The van der Waals surface area contributed by atoms with Crippen LogP contribution in [0.3, 0.4) is 0 Å². The molecule has 7 heteroatoms. The number of hydrogen-bond donors (Lipinski definition) is 2. The van der Waals surface area contributed by atoms with Crippen molar-refractivity contribution in [2.45, 2.75) is 24.3 Å². The van der Waals surface area contributed by atoms with E-state index in [1.807, 2.05) is 13.8 Å². The number of ether oxygens (including phenoxy) is 1. The molecule has 2 rings (SSSR count). The van der Waals surface area contributed by atoms with Gasteiger partial charge in [-0.1, -0.05) is 0 Å². The van der Waals surface area contributed by atoms with E-state index in [4.69, 9.17) is 10.5 Å². The minimum Gasteiger partial charge on any atom is -0.397 e. The molecule has 0 unspecified atom stereocenters. The molecule has 0 atom stereocenters. The van der Waals surface area contributed by atoms with Crippen LogP contribution in [-0.4, -0.2) is 40.8 Å². The molecular formula is C13H21N3O3S. The SMILES string of the molecule is CNS(=O)(=O)c1ccc(N2CCOC(C)(C)C2)c(N)c1. The molecule has 20 heavy (non-hydrogen) atoms. The van der Waals surface area contributed by atoms with Crippen LogP contribution in [0.25, 0.3) is 0 Å². The number of sulfonamides is 1. The summed E-state index contributed by atoms with van der Waals surface area (Å²) in [4.78, 5) is 2.29. The second kappa shape index (κ2) is 5.23. The van der Waals surface area contributed by atoms with E-state index >= 15 is 0 Å².